The Bertz CT molecular complexity index is 754. The third kappa shape index (κ3) is 2.82. The lowest BCUT2D eigenvalue weighted by Crippen LogP contribution is -2.36. The summed E-state index contributed by atoms with van der Waals surface area (Å²) in [5, 5.41) is 10.2. The Morgan fingerprint density at radius 2 is 1.96 bits per heavy atom. The van der Waals surface area contributed by atoms with Gasteiger partial charge in [-0.25, -0.2) is 0 Å². The number of amides is 1. The maximum absolute atomic E-state index is 12.9. The number of rotatable bonds is 2. The Hall–Kier alpha value is -2.33. The number of aliphatic hydroxyl groups is 1. The molecule has 0 saturated heterocycles. The number of aryl methyl sites for hydroxylation is 2. The van der Waals surface area contributed by atoms with Gasteiger partial charge in [-0.2, -0.15) is 0 Å². The molecule has 0 bridgehead atoms. The molecule has 0 spiro atoms. The first kappa shape index (κ1) is 15.6. The van der Waals surface area contributed by atoms with Crippen LogP contribution in [-0.2, 0) is 0 Å². The Morgan fingerprint density at radius 3 is 2.65 bits per heavy atom. The molecule has 4 heteroatoms. The van der Waals surface area contributed by atoms with E-state index in [-0.39, 0.29) is 5.91 Å². The number of hydrogen-bond donors (Lipinski definition) is 1. The van der Waals surface area contributed by atoms with Gasteiger partial charge in [-0.05, 0) is 49.6 Å². The lowest BCUT2D eigenvalue weighted by atomic mass is 9.97. The Balaban J connectivity index is 2.02. The summed E-state index contributed by atoms with van der Waals surface area (Å²) < 4.78 is 5.26. The molecule has 1 heterocycles. The maximum Gasteiger partial charge on any atom is 0.258 e. The van der Waals surface area contributed by atoms with Crippen molar-refractivity contribution in [3.05, 3.63) is 58.7 Å². The molecule has 0 saturated carbocycles. The molecule has 120 valence electrons. The van der Waals surface area contributed by atoms with Crippen LogP contribution in [0.5, 0.6) is 5.75 Å². The van der Waals surface area contributed by atoms with Crippen molar-refractivity contribution in [3.8, 4) is 5.75 Å². The second-order valence-electron chi connectivity index (χ2n) is 5.99. The standard InChI is InChI=1S/C19H21NO3/c1-12-4-5-14(10-13(12)2)19(22)20-9-8-18(21)16-7-6-15(23-3)11-17(16)20/h4-7,10-11,18,21H,8-9H2,1-3H3. The molecule has 1 N–H and O–H groups in total. The average Bonchev–Trinajstić information content (AvgIpc) is 2.56. The lowest BCUT2D eigenvalue weighted by Gasteiger charge is -2.32. The van der Waals surface area contributed by atoms with Gasteiger partial charge in [0.1, 0.15) is 5.75 Å². The average molecular weight is 311 g/mol. The Morgan fingerprint density at radius 1 is 1.17 bits per heavy atom. The summed E-state index contributed by atoms with van der Waals surface area (Å²) in [6.45, 7) is 4.52. The van der Waals surface area contributed by atoms with Crippen LogP contribution < -0.4 is 9.64 Å². The summed E-state index contributed by atoms with van der Waals surface area (Å²) in [4.78, 5) is 14.7. The highest BCUT2D eigenvalue weighted by atomic mass is 16.5. The third-order valence-electron chi connectivity index (χ3n) is 4.51. The van der Waals surface area contributed by atoms with Crippen molar-refractivity contribution in [2.24, 2.45) is 0 Å². The zero-order valence-corrected chi connectivity index (χ0v) is 13.7. The lowest BCUT2D eigenvalue weighted by molar-refractivity contribution is 0.0970. The minimum Gasteiger partial charge on any atom is -0.497 e. The number of nitrogens with zero attached hydrogens (tertiary/aromatic N) is 1. The number of carbonyl (C=O) groups excluding carboxylic acids is 1. The molecule has 0 fully saturated rings. The highest BCUT2D eigenvalue weighted by Gasteiger charge is 2.28. The number of benzene rings is 2. The van der Waals surface area contributed by atoms with Crippen molar-refractivity contribution < 1.29 is 14.6 Å². The molecule has 1 amide bonds. The van der Waals surface area contributed by atoms with Crippen LogP contribution in [0.3, 0.4) is 0 Å². The molecule has 1 aliphatic rings. The van der Waals surface area contributed by atoms with Crippen LogP contribution in [-0.4, -0.2) is 24.7 Å². The molecular weight excluding hydrogens is 290 g/mol. The number of hydrogen-bond acceptors (Lipinski definition) is 3. The normalized spacial score (nSPS) is 16.9. The minimum atomic E-state index is -0.542. The van der Waals surface area contributed by atoms with Gasteiger partial charge < -0.3 is 14.7 Å². The smallest absolute Gasteiger partial charge is 0.258 e. The van der Waals surface area contributed by atoms with Crippen LogP contribution in [0.4, 0.5) is 5.69 Å². The van der Waals surface area contributed by atoms with Crippen molar-refractivity contribution >= 4 is 11.6 Å². The predicted octanol–water partition coefficient (Wildman–Crippen LogP) is 3.40. The SMILES string of the molecule is COc1ccc2c(c1)N(C(=O)c1ccc(C)c(C)c1)CCC2O. The van der Waals surface area contributed by atoms with Crippen LogP contribution in [0.25, 0.3) is 0 Å². The van der Waals surface area contributed by atoms with Gasteiger partial charge in [0, 0.05) is 23.7 Å². The van der Waals surface area contributed by atoms with Gasteiger partial charge in [0.25, 0.3) is 5.91 Å². The summed E-state index contributed by atoms with van der Waals surface area (Å²) in [5.74, 6) is 0.630. The molecule has 1 aliphatic heterocycles. The fraction of sp³-hybridized carbons (Fsp3) is 0.316. The quantitative estimate of drug-likeness (QED) is 0.925. The first-order valence-electron chi connectivity index (χ1n) is 7.76. The van der Waals surface area contributed by atoms with Gasteiger partial charge in [-0.3, -0.25) is 4.79 Å². The summed E-state index contributed by atoms with van der Waals surface area (Å²) in [6.07, 6.45) is -0.00432. The number of methoxy groups -OCH3 is 1. The van der Waals surface area contributed by atoms with Crippen molar-refractivity contribution in [3.63, 3.8) is 0 Å². The van der Waals surface area contributed by atoms with Crippen LogP contribution in [0.15, 0.2) is 36.4 Å². The van der Waals surface area contributed by atoms with E-state index in [4.69, 9.17) is 4.74 Å². The fourth-order valence-corrected chi connectivity index (χ4v) is 2.93. The van der Waals surface area contributed by atoms with E-state index in [9.17, 15) is 9.90 Å². The van der Waals surface area contributed by atoms with Crippen molar-refractivity contribution in [2.45, 2.75) is 26.4 Å². The van der Waals surface area contributed by atoms with E-state index in [1.807, 2.05) is 50.2 Å². The molecule has 2 aromatic rings. The van der Waals surface area contributed by atoms with Crippen LogP contribution >= 0.6 is 0 Å². The number of fused-ring (bicyclic) bond motifs is 1. The maximum atomic E-state index is 12.9. The van der Waals surface area contributed by atoms with Gasteiger partial charge in [-0.15, -0.1) is 0 Å². The largest absolute Gasteiger partial charge is 0.497 e. The third-order valence-corrected chi connectivity index (χ3v) is 4.51. The summed E-state index contributed by atoms with van der Waals surface area (Å²) in [5.41, 5.74) is 4.43. The van der Waals surface area contributed by atoms with Crippen LogP contribution in [0, 0.1) is 13.8 Å². The first-order chi connectivity index (χ1) is 11.0. The van der Waals surface area contributed by atoms with Gasteiger partial charge in [0.15, 0.2) is 0 Å². The number of ether oxygens (including phenoxy) is 1. The molecule has 2 aromatic carbocycles. The van der Waals surface area contributed by atoms with Crippen molar-refractivity contribution in [1.82, 2.24) is 0 Å². The molecule has 1 atom stereocenters. The first-order valence-corrected chi connectivity index (χ1v) is 7.76. The number of aliphatic hydroxyl groups excluding tert-OH is 1. The zero-order chi connectivity index (χ0) is 16.6. The van der Waals surface area contributed by atoms with Crippen molar-refractivity contribution in [2.75, 3.05) is 18.6 Å². The summed E-state index contributed by atoms with van der Waals surface area (Å²) in [7, 11) is 1.59. The van der Waals surface area contributed by atoms with E-state index < -0.39 is 6.10 Å². The van der Waals surface area contributed by atoms with Crippen LogP contribution in [0.1, 0.15) is 39.6 Å². The molecule has 3 rings (SSSR count). The highest BCUT2D eigenvalue weighted by molar-refractivity contribution is 6.07. The van der Waals surface area contributed by atoms with E-state index >= 15 is 0 Å². The number of anilines is 1. The molecule has 1 unspecified atom stereocenters. The van der Waals surface area contributed by atoms with Gasteiger partial charge in [-0.1, -0.05) is 12.1 Å². The molecule has 0 aromatic heterocycles. The van der Waals surface area contributed by atoms with E-state index in [1.54, 1.807) is 12.0 Å². The molecule has 4 nitrogen and oxygen atoms in total. The summed E-state index contributed by atoms with van der Waals surface area (Å²) in [6, 6.07) is 11.2. The Labute approximate surface area is 136 Å². The van der Waals surface area contributed by atoms with Gasteiger partial charge in [0.05, 0.1) is 18.9 Å². The monoisotopic (exact) mass is 311 g/mol. The number of carbonyl (C=O) groups is 1. The minimum absolute atomic E-state index is 0.0468. The zero-order valence-electron chi connectivity index (χ0n) is 13.7. The fourth-order valence-electron chi connectivity index (χ4n) is 2.93. The van der Waals surface area contributed by atoms with E-state index in [0.29, 0.717) is 24.3 Å². The molecule has 23 heavy (non-hydrogen) atoms. The molecular formula is C19H21NO3. The Kier molecular flexibility index (Phi) is 4.09. The second kappa shape index (κ2) is 6.05. The van der Waals surface area contributed by atoms with E-state index in [1.165, 1.54) is 0 Å². The highest BCUT2D eigenvalue weighted by Crippen LogP contribution is 2.37. The molecule has 0 aliphatic carbocycles. The second-order valence-corrected chi connectivity index (χ2v) is 5.99. The van der Waals surface area contributed by atoms with Crippen LogP contribution in [0.2, 0.25) is 0 Å². The van der Waals surface area contributed by atoms with Crippen molar-refractivity contribution in [1.29, 1.82) is 0 Å². The van der Waals surface area contributed by atoms with E-state index in [2.05, 4.69) is 0 Å². The van der Waals surface area contributed by atoms with Gasteiger partial charge in [0.2, 0.25) is 0 Å². The van der Waals surface area contributed by atoms with Gasteiger partial charge >= 0.3 is 0 Å². The topological polar surface area (TPSA) is 49.8 Å². The predicted molar refractivity (Wildman–Crippen MR) is 90.2 cm³/mol. The van der Waals surface area contributed by atoms with E-state index in [0.717, 1.165) is 22.4 Å². The molecule has 0 radical (unpaired) electrons. The summed E-state index contributed by atoms with van der Waals surface area (Å²) >= 11 is 0.